The molecule has 3 aromatic rings. The van der Waals surface area contributed by atoms with Crippen LogP contribution in [0.3, 0.4) is 0 Å². The lowest BCUT2D eigenvalue weighted by atomic mass is 10.1. The number of hydrogen-bond donors (Lipinski definition) is 0. The number of carbonyl (C=O) groups is 1. The van der Waals surface area contributed by atoms with E-state index in [1.807, 2.05) is 25.1 Å². The second-order valence-electron chi connectivity index (χ2n) is 7.18. The first-order valence-electron chi connectivity index (χ1n) is 9.53. The van der Waals surface area contributed by atoms with Crippen molar-refractivity contribution in [1.82, 2.24) is 19.9 Å². The SMILES string of the molecule is Cc1cccc(N2CCN(C(=O)c3cn(-c4ccccc4C(F)(F)F)nn3)CC2)c1. The molecule has 30 heavy (non-hydrogen) atoms. The summed E-state index contributed by atoms with van der Waals surface area (Å²) >= 11 is 0. The number of para-hydroxylation sites is 1. The predicted octanol–water partition coefficient (Wildman–Crippen LogP) is 3.56. The summed E-state index contributed by atoms with van der Waals surface area (Å²) in [6.07, 6.45) is -3.28. The van der Waals surface area contributed by atoms with Gasteiger partial charge >= 0.3 is 6.18 Å². The Morgan fingerprint density at radius 3 is 2.43 bits per heavy atom. The minimum Gasteiger partial charge on any atom is -0.368 e. The molecular formula is C21H20F3N5O. The van der Waals surface area contributed by atoms with Crippen LogP contribution in [0.1, 0.15) is 21.6 Å². The van der Waals surface area contributed by atoms with Crippen molar-refractivity contribution in [2.24, 2.45) is 0 Å². The summed E-state index contributed by atoms with van der Waals surface area (Å²) in [4.78, 5) is 16.6. The van der Waals surface area contributed by atoms with E-state index in [1.54, 1.807) is 4.90 Å². The van der Waals surface area contributed by atoms with Crippen LogP contribution in [0, 0.1) is 6.92 Å². The number of aryl methyl sites for hydroxylation is 1. The summed E-state index contributed by atoms with van der Waals surface area (Å²) in [5.74, 6) is -0.338. The predicted molar refractivity (Wildman–Crippen MR) is 106 cm³/mol. The lowest BCUT2D eigenvalue weighted by Gasteiger charge is -2.35. The average Bonchev–Trinajstić information content (AvgIpc) is 3.23. The fourth-order valence-corrected chi connectivity index (χ4v) is 3.55. The fraction of sp³-hybridized carbons (Fsp3) is 0.286. The molecule has 4 rings (SSSR count). The van der Waals surface area contributed by atoms with E-state index in [2.05, 4.69) is 21.3 Å². The highest BCUT2D eigenvalue weighted by Crippen LogP contribution is 2.33. The van der Waals surface area contributed by atoms with Gasteiger partial charge in [-0.3, -0.25) is 4.79 Å². The van der Waals surface area contributed by atoms with Crippen molar-refractivity contribution in [3.05, 3.63) is 71.5 Å². The van der Waals surface area contributed by atoms with Crippen molar-refractivity contribution < 1.29 is 18.0 Å². The Morgan fingerprint density at radius 1 is 1.00 bits per heavy atom. The van der Waals surface area contributed by atoms with Gasteiger partial charge in [-0.15, -0.1) is 5.10 Å². The zero-order valence-electron chi connectivity index (χ0n) is 16.3. The molecule has 1 fully saturated rings. The summed E-state index contributed by atoms with van der Waals surface area (Å²) in [5.41, 5.74) is 1.30. The van der Waals surface area contributed by atoms with E-state index in [-0.39, 0.29) is 17.3 Å². The molecular weight excluding hydrogens is 395 g/mol. The van der Waals surface area contributed by atoms with Crippen LogP contribution in [-0.2, 0) is 6.18 Å². The maximum absolute atomic E-state index is 13.3. The van der Waals surface area contributed by atoms with Crippen LogP contribution in [0.4, 0.5) is 18.9 Å². The summed E-state index contributed by atoms with van der Waals surface area (Å²) in [5, 5.41) is 7.58. The van der Waals surface area contributed by atoms with E-state index in [0.29, 0.717) is 26.2 Å². The Kier molecular flexibility index (Phi) is 5.19. The maximum Gasteiger partial charge on any atom is 0.418 e. The standard InChI is InChI=1S/C21H20F3N5O/c1-15-5-4-6-16(13-15)27-9-11-28(12-10-27)20(30)18-14-29(26-25-18)19-8-3-2-7-17(19)21(22,23)24/h2-8,13-14H,9-12H2,1H3. The summed E-state index contributed by atoms with van der Waals surface area (Å²) in [7, 11) is 0. The third kappa shape index (κ3) is 4.00. The number of carbonyl (C=O) groups excluding carboxylic acids is 1. The number of aromatic nitrogens is 3. The Bertz CT molecular complexity index is 1050. The Hall–Kier alpha value is -3.36. The van der Waals surface area contributed by atoms with Crippen molar-refractivity contribution in [2.75, 3.05) is 31.1 Å². The summed E-state index contributed by atoms with van der Waals surface area (Å²) in [6.45, 7) is 4.36. The highest BCUT2D eigenvalue weighted by atomic mass is 19.4. The van der Waals surface area contributed by atoms with Gasteiger partial charge in [0.2, 0.25) is 0 Å². The first kappa shape index (κ1) is 19.9. The number of nitrogens with zero attached hydrogens (tertiary/aromatic N) is 5. The number of piperazine rings is 1. The van der Waals surface area contributed by atoms with Crippen LogP contribution < -0.4 is 4.90 Å². The average molecular weight is 415 g/mol. The number of amides is 1. The first-order chi connectivity index (χ1) is 14.3. The van der Waals surface area contributed by atoms with Crippen LogP contribution in [0.15, 0.2) is 54.7 Å². The first-order valence-corrected chi connectivity index (χ1v) is 9.53. The van der Waals surface area contributed by atoms with E-state index in [4.69, 9.17) is 0 Å². The lowest BCUT2D eigenvalue weighted by Crippen LogP contribution is -2.48. The molecule has 156 valence electrons. The van der Waals surface area contributed by atoms with Crippen molar-refractivity contribution in [1.29, 1.82) is 0 Å². The molecule has 0 saturated carbocycles. The maximum atomic E-state index is 13.3. The van der Waals surface area contributed by atoms with Gasteiger partial charge in [-0.25, -0.2) is 4.68 Å². The summed E-state index contributed by atoms with van der Waals surface area (Å²) < 4.78 is 40.8. The molecule has 0 aliphatic carbocycles. The van der Waals surface area contributed by atoms with Gasteiger partial charge in [0, 0.05) is 31.9 Å². The smallest absolute Gasteiger partial charge is 0.368 e. The molecule has 1 aliphatic heterocycles. The van der Waals surface area contributed by atoms with Gasteiger partial charge in [-0.1, -0.05) is 29.5 Å². The minimum atomic E-state index is -4.53. The van der Waals surface area contributed by atoms with Gasteiger partial charge in [0.05, 0.1) is 17.4 Å². The molecule has 6 nitrogen and oxygen atoms in total. The van der Waals surface area contributed by atoms with Gasteiger partial charge < -0.3 is 9.80 Å². The van der Waals surface area contributed by atoms with E-state index in [1.165, 1.54) is 30.0 Å². The van der Waals surface area contributed by atoms with Crippen LogP contribution >= 0.6 is 0 Å². The molecule has 2 aromatic carbocycles. The van der Waals surface area contributed by atoms with Gasteiger partial charge in [-0.05, 0) is 36.8 Å². The fourth-order valence-electron chi connectivity index (χ4n) is 3.55. The molecule has 0 spiro atoms. The van der Waals surface area contributed by atoms with Crippen LogP contribution in [0.25, 0.3) is 5.69 Å². The zero-order chi connectivity index (χ0) is 21.3. The molecule has 1 amide bonds. The number of anilines is 1. The third-order valence-corrected chi connectivity index (χ3v) is 5.10. The Labute approximate surface area is 171 Å². The van der Waals surface area contributed by atoms with Gasteiger partial charge in [0.1, 0.15) is 0 Å². The van der Waals surface area contributed by atoms with Crippen LogP contribution in [-0.4, -0.2) is 52.0 Å². The molecule has 0 atom stereocenters. The molecule has 0 radical (unpaired) electrons. The number of rotatable bonds is 3. The normalized spacial score (nSPS) is 14.8. The molecule has 1 aromatic heterocycles. The summed E-state index contributed by atoms with van der Waals surface area (Å²) in [6, 6.07) is 13.2. The molecule has 2 heterocycles. The molecule has 0 bridgehead atoms. The second kappa shape index (κ2) is 7.81. The van der Waals surface area contributed by atoms with Gasteiger partial charge in [0.25, 0.3) is 5.91 Å². The minimum absolute atomic E-state index is 0.0241. The van der Waals surface area contributed by atoms with E-state index < -0.39 is 11.7 Å². The molecule has 9 heteroatoms. The quantitative estimate of drug-likeness (QED) is 0.657. The number of halogens is 3. The highest BCUT2D eigenvalue weighted by Gasteiger charge is 2.34. The largest absolute Gasteiger partial charge is 0.418 e. The monoisotopic (exact) mass is 415 g/mol. The molecule has 0 unspecified atom stereocenters. The topological polar surface area (TPSA) is 54.3 Å². The highest BCUT2D eigenvalue weighted by molar-refractivity contribution is 5.92. The lowest BCUT2D eigenvalue weighted by molar-refractivity contribution is -0.137. The molecule has 1 saturated heterocycles. The number of alkyl halides is 3. The van der Waals surface area contributed by atoms with Crippen molar-refractivity contribution in [2.45, 2.75) is 13.1 Å². The zero-order valence-corrected chi connectivity index (χ0v) is 16.3. The van der Waals surface area contributed by atoms with E-state index in [0.717, 1.165) is 16.4 Å². The van der Waals surface area contributed by atoms with Crippen molar-refractivity contribution in [3.8, 4) is 5.69 Å². The van der Waals surface area contributed by atoms with E-state index >= 15 is 0 Å². The van der Waals surface area contributed by atoms with Crippen molar-refractivity contribution in [3.63, 3.8) is 0 Å². The van der Waals surface area contributed by atoms with Gasteiger partial charge in [0.15, 0.2) is 5.69 Å². The number of benzene rings is 2. The second-order valence-corrected chi connectivity index (χ2v) is 7.18. The Morgan fingerprint density at radius 2 is 1.73 bits per heavy atom. The Balaban J connectivity index is 1.47. The number of hydrogen-bond acceptors (Lipinski definition) is 4. The van der Waals surface area contributed by atoms with Gasteiger partial charge in [-0.2, -0.15) is 13.2 Å². The van der Waals surface area contributed by atoms with E-state index in [9.17, 15) is 18.0 Å². The molecule has 1 aliphatic rings. The van der Waals surface area contributed by atoms with Crippen LogP contribution in [0.5, 0.6) is 0 Å². The van der Waals surface area contributed by atoms with Crippen molar-refractivity contribution >= 4 is 11.6 Å². The molecule has 0 N–H and O–H groups in total. The third-order valence-electron chi connectivity index (χ3n) is 5.10. The van der Waals surface area contributed by atoms with Crippen LogP contribution in [0.2, 0.25) is 0 Å².